The summed E-state index contributed by atoms with van der Waals surface area (Å²) in [5.41, 5.74) is 2.34. The predicted octanol–water partition coefficient (Wildman–Crippen LogP) is 4.43. The number of anilines is 1. The van der Waals surface area contributed by atoms with Crippen molar-refractivity contribution in [3.63, 3.8) is 0 Å². The van der Waals surface area contributed by atoms with E-state index in [1.807, 2.05) is 36.4 Å². The zero-order chi connectivity index (χ0) is 17.6. The summed E-state index contributed by atoms with van der Waals surface area (Å²) in [5.74, 6) is 1.72. The van der Waals surface area contributed by atoms with Crippen LogP contribution in [0, 0.1) is 0 Å². The van der Waals surface area contributed by atoms with Gasteiger partial charge in [0.05, 0.1) is 14.2 Å². The maximum Gasteiger partial charge on any atom is 0.127 e. The van der Waals surface area contributed by atoms with Gasteiger partial charge in [-0.05, 0) is 43.2 Å². The van der Waals surface area contributed by atoms with Gasteiger partial charge in [0.2, 0.25) is 0 Å². The van der Waals surface area contributed by atoms with Crippen LogP contribution < -0.4 is 14.8 Å². The summed E-state index contributed by atoms with van der Waals surface area (Å²) in [6.07, 6.45) is 2.25. The Morgan fingerprint density at radius 3 is 2.40 bits per heavy atom. The molecule has 5 heteroatoms. The molecule has 0 unspecified atom stereocenters. The molecule has 0 aliphatic carbocycles. The van der Waals surface area contributed by atoms with Crippen molar-refractivity contribution < 1.29 is 9.47 Å². The number of halogens is 1. The lowest BCUT2D eigenvalue weighted by molar-refractivity contribution is 0.209. The van der Waals surface area contributed by atoms with Crippen LogP contribution in [0.4, 0.5) is 5.69 Å². The van der Waals surface area contributed by atoms with Crippen LogP contribution in [0.25, 0.3) is 0 Å². The van der Waals surface area contributed by atoms with E-state index in [4.69, 9.17) is 21.1 Å². The Bertz CT molecular complexity index is 683. The van der Waals surface area contributed by atoms with Gasteiger partial charge in [-0.1, -0.05) is 17.7 Å². The molecular weight excluding hydrogens is 336 g/mol. The summed E-state index contributed by atoms with van der Waals surface area (Å²) in [7, 11) is 3.38. The molecule has 0 saturated carbocycles. The van der Waals surface area contributed by atoms with E-state index in [9.17, 15) is 0 Å². The Morgan fingerprint density at radius 2 is 1.76 bits per heavy atom. The molecule has 2 aromatic carbocycles. The van der Waals surface area contributed by atoms with E-state index in [2.05, 4.69) is 16.3 Å². The zero-order valence-electron chi connectivity index (χ0n) is 14.8. The third kappa shape index (κ3) is 4.80. The lowest BCUT2D eigenvalue weighted by Gasteiger charge is -2.33. The molecular formula is C20H25ClN2O2. The SMILES string of the molecule is COc1ccc(CN2CCC(Nc3ccc(Cl)cc3)CC2)c(OC)c1. The second-order valence-corrected chi connectivity index (χ2v) is 6.82. The van der Waals surface area contributed by atoms with Gasteiger partial charge in [0.25, 0.3) is 0 Å². The van der Waals surface area contributed by atoms with Gasteiger partial charge in [0.15, 0.2) is 0 Å². The summed E-state index contributed by atoms with van der Waals surface area (Å²) in [6, 6.07) is 14.5. The van der Waals surface area contributed by atoms with Crippen LogP contribution in [0.2, 0.25) is 5.02 Å². The first-order chi connectivity index (χ1) is 12.2. The molecule has 0 aromatic heterocycles. The van der Waals surface area contributed by atoms with Crippen LogP contribution in [-0.2, 0) is 6.54 Å². The number of piperidine rings is 1. The topological polar surface area (TPSA) is 33.7 Å². The number of methoxy groups -OCH3 is 2. The monoisotopic (exact) mass is 360 g/mol. The maximum absolute atomic E-state index is 5.94. The second kappa shape index (κ2) is 8.45. The summed E-state index contributed by atoms with van der Waals surface area (Å²) < 4.78 is 10.8. The van der Waals surface area contributed by atoms with Gasteiger partial charge >= 0.3 is 0 Å². The molecule has 134 valence electrons. The quantitative estimate of drug-likeness (QED) is 0.826. The first-order valence-electron chi connectivity index (χ1n) is 8.63. The Balaban J connectivity index is 1.53. The number of nitrogens with one attached hydrogen (secondary N) is 1. The standard InChI is InChI=1S/C20H25ClN2O2/c1-24-19-8-3-15(20(13-19)25-2)14-23-11-9-18(10-12-23)22-17-6-4-16(21)5-7-17/h3-8,13,18,22H,9-12,14H2,1-2H3. The highest BCUT2D eigenvalue weighted by molar-refractivity contribution is 6.30. The number of ether oxygens (including phenoxy) is 2. The van der Waals surface area contributed by atoms with Crippen molar-refractivity contribution in [2.45, 2.75) is 25.4 Å². The Hall–Kier alpha value is -1.91. The molecule has 1 N–H and O–H groups in total. The van der Waals surface area contributed by atoms with E-state index in [-0.39, 0.29) is 0 Å². The Labute approximate surface area is 154 Å². The van der Waals surface area contributed by atoms with Crippen molar-refractivity contribution in [2.75, 3.05) is 32.6 Å². The molecule has 3 rings (SSSR count). The molecule has 25 heavy (non-hydrogen) atoms. The molecule has 1 aliphatic heterocycles. The van der Waals surface area contributed by atoms with Gasteiger partial charge < -0.3 is 14.8 Å². The highest BCUT2D eigenvalue weighted by Gasteiger charge is 2.20. The largest absolute Gasteiger partial charge is 0.497 e. The van der Waals surface area contributed by atoms with Gasteiger partial charge in [0, 0.05) is 48.0 Å². The summed E-state index contributed by atoms with van der Waals surface area (Å²) >= 11 is 5.94. The first-order valence-corrected chi connectivity index (χ1v) is 9.01. The number of likely N-dealkylation sites (tertiary alicyclic amines) is 1. The van der Waals surface area contributed by atoms with Crippen molar-refractivity contribution in [3.8, 4) is 11.5 Å². The number of hydrogen-bond acceptors (Lipinski definition) is 4. The fourth-order valence-electron chi connectivity index (χ4n) is 3.24. The van der Waals surface area contributed by atoms with Crippen molar-refractivity contribution in [3.05, 3.63) is 53.1 Å². The lowest BCUT2D eigenvalue weighted by Crippen LogP contribution is -2.38. The Kier molecular flexibility index (Phi) is 6.05. The van der Waals surface area contributed by atoms with Crippen LogP contribution in [0.15, 0.2) is 42.5 Å². The average Bonchev–Trinajstić information content (AvgIpc) is 2.65. The third-order valence-corrected chi connectivity index (χ3v) is 4.94. The maximum atomic E-state index is 5.94. The molecule has 0 spiro atoms. The third-order valence-electron chi connectivity index (χ3n) is 4.69. The van der Waals surface area contributed by atoms with Gasteiger partial charge in [-0.15, -0.1) is 0 Å². The number of benzene rings is 2. The van der Waals surface area contributed by atoms with E-state index < -0.39 is 0 Å². The van der Waals surface area contributed by atoms with E-state index in [1.54, 1.807) is 14.2 Å². The highest BCUT2D eigenvalue weighted by atomic mass is 35.5. The van der Waals surface area contributed by atoms with E-state index >= 15 is 0 Å². The van der Waals surface area contributed by atoms with Crippen molar-refractivity contribution >= 4 is 17.3 Å². The fourth-order valence-corrected chi connectivity index (χ4v) is 3.37. The normalized spacial score (nSPS) is 15.8. The van der Waals surface area contributed by atoms with Crippen LogP contribution in [0.3, 0.4) is 0 Å². The zero-order valence-corrected chi connectivity index (χ0v) is 15.6. The fraction of sp³-hybridized carbons (Fsp3) is 0.400. The highest BCUT2D eigenvalue weighted by Crippen LogP contribution is 2.27. The number of rotatable bonds is 6. The molecule has 0 amide bonds. The lowest BCUT2D eigenvalue weighted by atomic mass is 10.0. The van der Waals surface area contributed by atoms with Crippen molar-refractivity contribution in [2.24, 2.45) is 0 Å². The van der Waals surface area contributed by atoms with Gasteiger partial charge in [-0.3, -0.25) is 4.90 Å². The molecule has 1 heterocycles. The summed E-state index contributed by atoms with van der Waals surface area (Å²) in [6.45, 7) is 3.04. The van der Waals surface area contributed by atoms with Crippen molar-refractivity contribution in [1.29, 1.82) is 0 Å². The minimum absolute atomic E-state index is 0.509. The minimum atomic E-state index is 0.509. The molecule has 1 saturated heterocycles. The number of hydrogen-bond donors (Lipinski definition) is 1. The van der Waals surface area contributed by atoms with E-state index in [1.165, 1.54) is 5.56 Å². The Morgan fingerprint density at radius 1 is 1.04 bits per heavy atom. The minimum Gasteiger partial charge on any atom is -0.497 e. The summed E-state index contributed by atoms with van der Waals surface area (Å²) in [4.78, 5) is 2.48. The van der Waals surface area contributed by atoms with Gasteiger partial charge in [-0.25, -0.2) is 0 Å². The average molecular weight is 361 g/mol. The van der Waals surface area contributed by atoms with Gasteiger partial charge in [-0.2, -0.15) is 0 Å². The molecule has 0 atom stereocenters. The molecule has 1 fully saturated rings. The first kappa shape index (κ1) is 17.9. The molecule has 0 radical (unpaired) electrons. The van der Waals surface area contributed by atoms with Crippen LogP contribution in [0.5, 0.6) is 11.5 Å². The van der Waals surface area contributed by atoms with E-state index in [0.29, 0.717) is 6.04 Å². The predicted molar refractivity (Wildman–Crippen MR) is 103 cm³/mol. The van der Waals surface area contributed by atoms with Crippen LogP contribution >= 0.6 is 11.6 Å². The molecule has 1 aliphatic rings. The number of nitrogens with zero attached hydrogens (tertiary/aromatic N) is 1. The summed E-state index contributed by atoms with van der Waals surface area (Å²) in [5, 5.41) is 4.38. The molecule has 0 bridgehead atoms. The molecule has 2 aromatic rings. The molecule has 4 nitrogen and oxygen atoms in total. The van der Waals surface area contributed by atoms with Crippen molar-refractivity contribution in [1.82, 2.24) is 4.90 Å². The van der Waals surface area contributed by atoms with Crippen LogP contribution in [-0.4, -0.2) is 38.3 Å². The van der Waals surface area contributed by atoms with Crippen LogP contribution in [0.1, 0.15) is 18.4 Å². The smallest absolute Gasteiger partial charge is 0.127 e. The van der Waals surface area contributed by atoms with Gasteiger partial charge in [0.1, 0.15) is 11.5 Å². The van der Waals surface area contributed by atoms with E-state index in [0.717, 1.165) is 54.7 Å². The second-order valence-electron chi connectivity index (χ2n) is 6.38.